The molecule has 5 heterocycles. The number of fused-ring (bicyclic) bond motifs is 2. The van der Waals surface area contributed by atoms with Crippen molar-refractivity contribution < 1.29 is 4.74 Å². The first-order valence-corrected chi connectivity index (χ1v) is 10.4. The maximum absolute atomic E-state index is 12.8. The fourth-order valence-electron chi connectivity index (χ4n) is 4.77. The number of ether oxygens (including phenoxy) is 1. The van der Waals surface area contributed by atoms with Crippen molar-refractivity contribution in [3.05, 3.63) is 80.5 Å². The van der Waals surface area contributed by atoms with E-state index in [1.807, 2.05) is 30.3 Å². The lowest BCUT2D eigenvalue weighted by molar-refractivity contribution is 0.290. The smallest absolute Gasteiger partial charge is 0.332 e. The number of likely N-dealkylation sites (tertiary alicyclic amines) is 1. The van der Waals surface area contributed by atoms with E-state index in [9.17, 15) is 9.59 Å². The zero-order chi connectivity index (χ0) is 21.4. The summed E-state index contributed by atoms with van der Waals surface area (Å²) in [5.74, 6) is 1.35. The topological polar surface area (TPSA) is 95.1 Å². The molecule has 0 N–H and O–H groups in total. The molecular weight excluding hydrogens is 396 g/mol. The summed E-state index contributed by atoms with van der Waals surface area (Å²) < 4.78 is 8.24. The van der Waals surface area contributed by atoms with Crippen molar-refractivity contribution in [3.8, 4) is 5.88 Å². The third-order valence-corrected chi connectivity index (χ3v) is 6.33. The van der Waals surface area contributed by atoms with Gasteiger partial charge in [0.05, 0.1) is 19.3 Å². The molecular formula is C22H24N6O3. The van der Waals surface area contributed by atoms with Crippen molar-refractivity contribution in [1.29, 1.82) is 0 Å². The lowest BCUT2D eigenvalue weighted by Crippen LogP contribution is -2.45. The van der Waals surface area contributed by atoms with Gasteiger partial charge in [-0.25, -0.2) is 9.67 Å². The van der Waals surface area contributed by atoms with Gasteiger partial charge < -0.3 is 4.74 Å². The molecule has 31 heavy (non-hydrogen) atoms. The summed E-state index contributed by atoms with van der Waals surface area (Å²) in [7, 11) is 1.63. The number of aromatic nitrogens is 5. The average molecular weight is 420 g/mol. The number of nitrogens with zero attached hydrogens (tertiary/aromatic N) is 6. The summed E-state index contributed by atoms with van der Waals surface area (Å²) in [6.45, 7) is 3.10. The summed E-state index contributed by atoms with van der Waals surface area (Å²) >= 11 is 0. The normalized spacial score (nSPS) is 20.3. The van der Waals surface area contributed by atoms with Crippen molar-refractivity contribution in [2.24, 2.45) is 0 Å². The molecule has 0 saturated carbocycles. The molecule has 2 aliphatic heterocycles. The molecule has 1 atom stereocenters. The van der Waals surface area contributed by atoms with E-state index in [1.165, 1.54) is 4.68 Å². The largest absolute Gasteiger partial charge is 0.481 e. The Morgan fingerprint density at radius 1 is 1.00 bits per heavy atom. The highest BCUT2D eigenvalue weighted by molar-refractivity contribution is 5.26. The van der Waals surface area contributed by atoms with E-state index in [0.717, 1.165) is 38.0 Å². The predicted octanol–water partition coefficient (Wildman–Crippen LogP) is 0.799. The molecule has 3 aromatic rings. The highest BCUT2D eigenvalue weighted by Crippen LogP contribution is 2.41. The van der Waals surface area contributed by atoms with Gasteiger partial charge in [-0.1, -0.05) is 12.1 Å². The van der Waals surface area contributed by atoms with E-state index in [0.29, 0.717) is 23.9 Å². The Kier molecular flexibility index (Phi) is 4.90. The molecule has 9 nitrogen and oxygen atoms in total. The van der Waals surface area contributed by atoms with Crippen LogP contribution in [0, 0.1) is 0 Å². The van der Waals surface area contributed by atoms with Crippen LogP contribution in [0.4, 0.5) is 0 Å². The van der Waals surface area contributed by atoms with Crippen molar-refractivity contribution in [3.63, 3.8) is 0 Å². The van der Waals surface area contributed by atoms with Crippen LogP contribution in [0.25, 0.3) is 0 Å². The fraction of sp³-hybridized carbons (Fsp3) is 0.409. The minimum atomic E-state index is -0.596. The Balaban J connectivity index is 1.44. The molecule has 2 aliphatic rings. The summed E-state index contributed by atoms with van der Waals surface area (Å²) in [6, 6.07) is 9.43. The zero-order valence-electron chi connectivity index (χ0n) is 17.4. The predicted molar refractivity (Wildman–Crippen MR) is 113 cm³/mol. The van der Waals surface area contributed by atoms with Crippen LogP contribution in [0.15, 0.2) is 52.3 Å². The van der Waals surface area contributed by atoms with Crippen molar-refractivity contribution >= 4 is 0 Å². The second kappa shape index (κ2) is 7.73. The fourth-order valence-corrected chi connectivity index (χ4v) is 4.77. The van der Waals surface area contributed by atoms with Crippen LogP contribution >= 0.6 is 0 Å². The molecule has 0 bridgehead atoms. The van der Waals surface area contributed by atoms with Gasteiger partial charge in [0, 0.05) is 43.0 Å². The van der Waals surface area contributed by atoms with Crippen molar-refractivity contribution in [2.45, 2.75) is 37.9 Å². The van der Waals surface area contributed by atoms with E-state index >= 15 is 0 Å². The van der Waals surface area contributed by atoms with Crippen molar-refractivity contribution in [2.75, 3.05) is 20.2 Å². The SMILES string of the molecule is COc1ncccc1CN1CCC2(CCn3c2nn(Cc2ccccn2)c(=O)c3=O)C1. The Morgan fingerprint density at radius 2 is 1.84 bits per heavy atom. The van der Waals surface area contributed by atoms with Gasteiger partial charge in [-0.3, -0.25) is 24.0 Å². The highest BCUT2D eigenvalue weighted by Gasteiger charge is 2.47. The Morgan fingerprint density at radius 3 is 2.65 bits per heavy atom. The first-order chi connectivity index (χ1) is 15.1. The summed E-state index contributed by atoms with van der Waals surface area (Å²) in [4.78, 5) is 36.3. The van der Waals surface area contributed by atoms with E-state index in [-0.39, 0.29) is 12.0 Å². The zero-order valence-corrected chi connectivity index (χ0v) is 17.4. The molecule has 3 aromatic heterocycles. The first kappa shape index (κ1) is 19.6. The van der Waals surface area contributed by atoms with Crippen LogP contribution in [0.1, 0.15) is 29.9 Å². The summed E-state index contributed by atoms with van der Waals surface area (Å²) in [6.07, 6.45) is 5.09. The lowest BCUT2D eigenvalue weighted by Gasteiger charge is -2.24. The average Bonchev–Trinajstić information content (AvgIpc) is 3.37. The standard InChI is InChI=1S/C22H24N6O3/c1-31-18-16(5-4-10-24-18)13-26-11-7-22(15-26)8-12-27-19(29)20(30)28(25-21(22)27)14-17-6-2-3-9-23-17/h2-6,9-10H,7-8,11-15H2,1H3. The molecule has 1 spiro atoms. The third kappa shape index (κ3) is 3.44. The quantitative estimate of drug-likeness (QED) is 0.564. The molecule has 9 heteroatoms. The monoisotopic (exact) mass is 420 g/mol. The number of methoxy groups -OCH3 is 1. The van der Waals surface area contributed by atoms with Gasteiger partial charge >= 0.3 is 11.1 Å². The van der Waals surface area contributed by atoms with Gasteiger partial charge in [0.25, 0.3) is 0 Å². The van der Waals surface area contributed by atoms with Gasteiger partial charge in [0.15, 0.2) is 0 Å². The molecule has 0 radical (unpaired) electrons. The van der Waals surface area contributed by atoms with Crippen LogP contribution in [0.2, 0.25) is 0 Å². The van der Waals surface area contributed by atoms with Crippen LogP contribution < -0.4 is 15.9 Å². The maximum atomic E-state index is 12.8. The lowest BCUT2D eigenvalue weighted by atomic mass is 9.85. The van der Waals surface area contributed by atoms with Gasteiger partial charge in [-0.2, -0.15) is 5.10 Å². The van der Waals surface area contributed by atoms with E-state index in [2.05, 4.69) is 20.0 Å². The molecule has 1 unspecified atom stereocenters. The number of pyridine rings is 2. The van der Waals surface area contributed by atoms with E-state index in [4.69, 9.17) is 4.74 Å². The molecule has 1 fully saturated rings. The van der Waals surface area contributed by atoms with Crippen LogP contribution in [0.5, 0.6) is 5.88 Å². The van der Waals surface area contributed by atoms with Gasteiger partial charge in [0.2, 0.25) is 5.88 Å². The molecule has 5 rings (SSSR count). The minimum Gasteiger partial charge on any atom is -0.481 e. The molecule has 0 aliphatic carbocycles. The van der Waals surface area contributed by atoms with Crippen LogP contribution in [-0.2, 0) is 25.0 Å². The van der Waals surface area contributed by atoms with E-state index in [1.54, 1.807) is 24.1 Å². The summed E-state index contributed by atoms with van der Waals surface area (Å²) in [5.41, 5.74) is 0.413. The first-order valence-electron chi connectivity index (χ1n) is 10.4. The highest BCUT2D eigenvalue weighted by atomic mass is 16.5. The Labute approximate surface area is 179 Å². The van der Waals surface area contributed by atoms with Gasteiger partial charge in [-0.05, 0) is 37.6 Å². The molecule has 0 aromatic carbocycles. The maximum Gasteiger partial charge on any atom is 0.332 e. The molecule has 160 valence electrons. The summed E-state index contributed by atoms with van der Waals surface area (Å²) in [5, 5.41) is 4.68. The van der Waals surface area contributed by atoms with Gasteiger partial charge in [0.1, 0.15) is 5.82 Å². The van der Waals surface area contributed by atoms with Crippen molar-refractivity contribution in [1.82, 2.24) is 29.2 Å². The Hall–Kier alpha value is -3.33. The number of rotatable bonds is 5. The van der Waals surface area contributed by atoms with Crippen LogP contribution in [0.3, 0.4) is 0 Å². The molecule has 0 amide bonds. The number of hydrogen-bond acceptors (Lipinski definition) is 7. The Bertz CT molecular complexity index is 1220. The second-order valence-electron chi connectivity index (χ2n) is 8.23. The number of hydrogen-bond donors (Lipinski definition) is 0. The van der Waals surface area contributed by atoms with E-state index < -0.39 is 11.1 Å². The van der Waals surface area contributed by atoms with Crippen LogP contribution in [-0.4, -0.2) is 49.4 Å². The molecule has 1 saturated heterocycles. The van der Waals surface area contributed by atoms with Gasteiger partial charge in [-0.15, -0.1) is 0 Å². The second-order valence-corrected chi connectivity index (χ2v) is 8.23. The third-order valence-electron chi connectivity index (χ3n) is 6.33. The minimum absolute atomic E-state index is 0.190.